The minimum absolute atomic E-state index is 0.959. The van der Waals surface area contributed by atoms with Crippen LogP contribution in [0.15, 0.2) is 30.6 Å². The molecule has 0 N–H and O–H groups in total. The van der Waals surface area contributed by atoms with E-state index in [1.807, 2.05) is 12.4 Å². The zero-order valence-corrected chi connectivity index (χ0v) is 9.49. The van der Waals surface area contributed by atoms with E-state index in [0.29, 0.717) is 0 Å². The first-order valence-corrected chi connectivity index (χ1v) is 5.33. The summed E-state index contributed by atoms with van der Waals surface area (Å²) in [4.78, 5) is 4.36. The summed E-state index contributed by atoms with van der Waals surface area (Å²) in [5.41, 5.74) is 3.86. The van der Waals surface area contributed by atoms with E-state index < -0.39 is 0 Å². The third-order valence-electron chi connectivity index (χ3n) is 2.71. The van der Waals surface area contributed by atoms with Gasteiger partial charge in [0.2, 0.25) is 0 Å². The summed E-state index contributed by atoms with van der Waals surface area (Å²) < 4.78 is 2.19. The topological polar surface area (TPSA) is 17.8 Å². The molecular weight excluding hydrogens is 184 g/mol. The average molecular weight is 200 g/mol. The predicted molar refractivity (Wildman–Crippen MR) is 62.4 cm³/mol. The highest BCUT2D eigenvalue weighted by molar-refractivity contribution is 5.47. The van der Waals surface area contributed by atoms with Gasteiger partial charge in [-0.25, -0.2) is 4.98 Å². The summed E-state index contributed by atoms with van der Waals surface area (Å²) in [6.45, 7) is 6.41. The largest absolute Gasteiger partial charge is 0.303 e. The quantitative estimate of drug-likeness (QED) is 0.728. The highest BCUT2D eigenvalue weighted by atomic mass is 15.1. The Morgan fingerprint density at radius 2 is 1.87 bits per heavy atom. The van der Waals surface area contributed by atoms with Crippen LogP contribution in [0, 0.1) is 13.8 Å². The first-order valence-electron chi connectivity index (χ1n) is 5.33. The van der Waals surface area contributed by atoms with Crippen LogP contribution in [0.3, 0.4) is 0 Å². The van der Waals surface area contributed by atoms with Crippen molar-refractivity contribution in [2.45, 2.75) is 27.2 Å². The van der Waals surface area contributed by atoms with Crippen LogP contribution in [-0.2, 0) is 6.42 Å². The Morgan fingerprint density at radius 3 is 2.47 bits per heavy atom. The predicted octanol–water partition coefficient (Wildman–Crippen LogP) is 3.05. The van der Waals surface area contributed by atoms with Crippen LogP contribution < -0.4 is 0 Å². The van der Waals surface area contributed by atoms with Gasteiger partial charge in [-0.3, -0.25) is 0 Å². The fraction of sp³-hybridized carbons (Fsp3) is 0.308. The number of aromatic nitrogens is 2. The van der Waals surface area contributed by atoms with E-state index in [1.54, 1.807) is 0 Å². The molecular formula is C13H16N2. The second kappa shape index (κ2) is 3.89. The first kappa shape index (κ1) is 9.97. The number of para-hydroxylation sites is 1. The van der Waals surface area contributed by atoms with E-state index in [9.17, 15) is 0 Å². The highest BCUT2D eigenvalue weighted by Gasteiger charge is 2.07. The molecule has 78 valence electrons. The Bertz CT molecular complexity index is 449. The number of imidazole rings is 1. The Labute approximate surface area is 90.6 Å². The van der Waals surface area contributed by atoms with Gasteiger partial charge >= 0.3 is 0 Å². The first-order chi connectivity index (χ1) is 7.24. The van der Waals surface area contributed by atoms with Gasteiger partial charge in [0.25, 0.3) is 0 Å². The van der Waals surface area contributed by atoms with Crippen molar-refractivity contribution in [2.75, 3.05) is 0 Å². The van der Waals surface area contributed by atoms with E-state index >= 15 is 0 Å². The number of hydrogen-bond acceptors (Lipinski definition) is 1. The molecule has 0 aliphatic rings. The van der Waals surface area contributed by atoms with Crippen LogP contribution >= 0.6 is 0 Å². The molecule has 1 aromatic heterocycles. The zero-order chi connectivity index (χ0) is 10.8. The number of aryl methyl sites for hydroxylation is 3. The number of nitrogens with zero attached hydrogens (tertiary/aromatic N) is 2. The summed E-state index contributed by atoms with van der Waals surface area (Å²) in [6, 6.07) is 6.38. The Morgan fingerprint density at radius 1 is 1.20 bits per heavy atom. The van der Waals surface area contributed by atoms with Crippen LogP contribution in [0.25, 0.3) is 5.69 Å². The minimum atomic E-state index is 0.959. The smallest absolute Gasteiger partial charge is 0.112 e. The number of hydrogen-bond donors (Lipinski definition) is 0. The van der Waals surface area contributed by atoms with Gasteiger partial charge in [0.1, 0.15) is 5.82 Å². The molecule has 0 fully saturated rings. The van der Waals surface area contributed by atoms with Gasteiger partial charge < -0.3 is 4.57 Å². The van der Waals surface area contributed by atoms with Gasteiger partial charge in [-0.15, -0.1) is 0 Å². The molecule has 0 saturated heterocycles. The molecule has 1 aromatic carbocycles. The summed E-state index contributed by atoms with van der Waals surface area (Å²) in [5.74, 6) is 1.12. The van der Waals surface area contributed by atoms with E-state index in [4.69, 9.17) is 0 Å². The normalized spacial score (nSPS) is 10.6. The Hall–Kier alpha value is -1.57. The lowest BCUT2D eigenvalue weighted by Crippen LogP contribution is -2.03. The van der Waals surface area contributed by atoms with E-state index in [1.165, 1.54) is 16.8 Å². The summed E-state index contributed by atoms with van der Waals surface area (Å²) in [6.07, 6.45) is 4.86. The van der Waals surface area contributed by atoms with Gasteiger partial charge in [0.15, 0.2) is 0 Å². The maximum absolute atomic E-state index is 4.36. The maximum Gasteiger partial charge on any atom is 0.112 e. The van der Waals surface area contributed by atoms with Gasteiger partial charge in [0.05, 0.1) is 5.69 Å². The minimum Gasteiger partial charge on any atom is -0.303 e. The van der Waals surface area contributed by atoms with Gasteiger partial charge in [-0.05, 0) is 25.0 Å². The fourth-order valence-electron chi connectivity index (χ4n) is 1.99. The van der Waals surface area contributed by atoms with Gasteiger partial charge in [-0.1, -0.05) is 25.1 Å². The van der Waals surface area contributed by atoms with E-state index in [2.05, 4.69) is 48.5 Å². The van der Waals surface area contributed by atoms with Crippen LogP contribution in [-0.4, -0.2) is 9.55 Å². The molecule has 1 heterocycles. The van der Waals surface area contributed by atoms with Gasteiger partial charge in [0, 0.05) is 18.8 Å². The lowest BCUT2D eigenvalue weighted by Gasteiger charge is -2.12. The molecule has 2 nitrogen and oxygen atoms in total. The molecule has 0 spiro atoms. The van der Waals surface area contributed by atoms with Crippen molar-refractivity contribution in [2.24, 2.45) is 0 Å². The van der Waals surface area contributed by atoms with Gasteiger partial charge in [-0.2, -0.15) is 0 Å². The molecule has 0 radical (unpaired) electrons. The standard InChI is InChI=1S/C13H16N2/c1-4-12-14-8-9-15(12)13-10(2)6-5-7-11(13)3/h5-9H,4H2,1-3H3. The molecule has 2 aromatic rings. The second-order valence-corrected chi connectivity index (χ2v) is 3.81. The van der Waals surface area contributed by atoms with Crippen molar-refractivity contribution in [3.63, 3.8) is 0 Å². The molecule has 0 saturated carbocycles. The molecule has 0 bridgehead atoms. The van der Waals surface area contributed by atoms with Crippen molar-refractivity contribution < 1.29 is 0 Å². The fourth-order valence-corrected chi connectivity index (χ4v) is 1.99. The maximum atomic E-state index is 4.36. The lowest BCUT2D eigenvalue weighted by molar-refractivity contribution is 0.880. The zero-order valence-electron chi connectivity index (χ0n) is 9.49. The van der Waals surface area contributed by atoms with Crippen LogP contribution in [0.1, 0.15) is 23.9 Å². The van der Waals surface area contributed by atoms with Crippen molar-refractivity contribution in [3.8, 4) is 5.69 Å². The molecule has 2 heteroatoms. The third-order valence-corrected chi connectivity index (χ3v) is 2.71. The molecule has 0 aliphatic heterocycles. The van der Waals surface area contributed by atoms with E-state index in [-0.39, 0.29) is 0 Å². The van der Waals surface area contributed by atoms with E-state index in [0.717, 1.165) is 12.2 Å². The summed E-state index contributed by atoms with van der Waals surface area (Å²) in [5, 5.41) is 0. The summed E-state index contributed by atoms with van der Waals surface area (Å²) >= 11 is 0. The van der Waals surface area contributed by atoms with Crippen molar-refractivity contribution in [1.82, 2.24) is 9.55 Å². The SMILES string of the molecule is CCc1nccn1-c1c(C)cccc1C. The summed E-state index contributed by atoms with van der Waals surface area (Å²) in [7, 11) is 0. The van der Waals surface area contributed by atoms with Crippen LogP contribution in [0.5, 0.6) is 0 Å². The van der Waals surface area contributed by atoms with Crippen molar-refractivity contribution in [3.05, 3.63) is 47.5 Å². The third kappa shape index (κ3) is 1.67. The Balaban J connectivity index is 2.63. The molecule has 0 aliphatic carbocycles. The molecule has 0 atom stereocenters. The molecule has 0 amide bonds. The number of rotatable bonds is 2. The van der Waals surface area contributed by atoms with Crippen LogP contribution in [0.4, 0.5) is 0 Å². The Kier molecular flexibility index (Phi) is 2.58. The number of benzene rings is 1. The average Bonchev–Trinajstić information content (AvgIpc) is 2.65. The van der Waals surface area contributed by atoms with Crippen LogP contribution in [0.2, 0.25) is 0 Å². The molecule has 2 rings (SSSR count). The molecule has 15 heavy (non-hydrogen) atoms. The van der Waals surface area contributed by atoms with Crippen molar-refractivity contribution in [1.29, 1.82) is 0 Å². The lowest BCUT2D eigenvalue weighted by atomic mass is 10.1. The second-order valence-electron chi connectivity index (χ2n) is 3.81. The highest BCUT2D eigenvalue weighted by Crippen LogP contribution is 2.20. The molecule has 0 unspecified atom stereocenters. The van der Waals surface area contributed by atoms with Crippen molar-refractivity contribution >= 4 is 0 Å². The monoisotopic (exact) mass is 200 g/mol.